The molecule has 1 aromatic rings. The van der Waals surface area contributed by atoms with Crippen LogP contribution in [0.25, 0.3) is 0 Å². The molecule has 0 amide bonds. The van der Waals surface area contributed by atoms with Gasteiger partial charge in [0.1, 0.15) is 0 Å². The van der Waals surface area contributed by atoms with E-state index in [1.54, 1.807) is 12.4 Å². The van der Waals surface area contributed by atoms with E-state index in [-0.39, 0.29) is 6.10 Å². The summed E-state index contributed by atoms with van der Waals surface area (Å²) in [5.74, 6) is 0. The lowest BCUT2D eigenvalue weighted by Gasteiger charge is -2.13. The molecule has 0 fully saturated rings. The Morgan fingerprint density at radius 2 is 2.20 bits per heavy atom. The zero-order chi connectivity index (χ0) is 11.3. The number of aliphatic hydroxyl groups is 1. The summed E-state index contributed by atoms with van der Waals surface area (Å²) in [6, 6.07) is 1.95. The van der Waals surface area contributed by atoms with Crippen LogP contribution in [0.15, 0.2) is 22.9 Å². The molecule has 0 aliphatic rings. The summed E-state index contributed by atoms with van der Waals surface area (Å²) < 4.78 is 6.25. The largest absolute Gasteiger partial charge is 0.390 e. The smallest absolute Gasteiger partial charge is 0.0814 e. The number of rotatable bonds is 5. The van der Waals surface area contributed by atoms with Crippen LogP contribution in [0.2, 0.25) is 0 Å². The van der Waals surface area contributed by atoms with Crippen LogP contribution >= 0.6 is 15.9 Å². The van der Waals surface area contributed by atoms with Crippen molar-refractivity contribution in [2.24, 2.45) is 0 Å². The highest BCUT2D eigenvalue weighted by Crippen LogP contribution is 2.11. The predicted octanol–water partition coefficient (Wildman–Crippen LogP) is 2.17. The molecular weight excluding hydrogens is 258 g/mol. The van der Waals surface area contributed by atoms with Gasteiger partial charge < -0.3 is 9.84 Å². The van der Waals surface area contributed by atoms with E-state index in [1.807, 2.05) is 19.9 Å². The number of ether oxygens (including phenoxy) is 1. The maximum Gasteiger partial charge on any atom is 0.0814 e. The summed E-state index contributed by atoms with van der Waals surface area (Å²) in [6.45, 7) is 4.27. The molecule has 15 heavy (non-hydrogen) atoms. The number of hydrogen-bond donors (Lipinski definition) is 1. The Morgan fingerprint density at radius 1 is 1.47 bits per heavy atom. The highest BCUT2D eigenvalue weighted by molar-refractivity contribution is 9.10. The molecule has 0 aliphatic heterocycles. The third-order valence-electron chi connectivity index (χ3n) is 1.85. The van der Waals surface area contributed by atoms with E-state index in [0.717, 1.165) is 10.0 Å². The Hall–Kier alpha value is -0.450. The number of halogens is 1. The van der Waals surface area contributed by atoms with Gasteiger partial charge in [0.2, 0.25) is 0 Å². The topological polar surface area (TPSA) is 42.4 Å². The van der Waals surface area contributed by atoms with Gasteiger partial charge in [-0.2, -0.15) is 0 Å². The molecule has 0 radical (unpaired) electrons. The normalized spacial score (nSPS) is 13.1. The number of hydrogen-bond acceptors (Lipinski definition) is 3. The monoisotopic (exact) mass is 273 g/mol. The average Bonchev–Trinajstić information content (AvgIpc) is 2.15. The standard InChI is InChI=1S/C11H16BrNO2/c1-8(2)15-7-11(14)4-9-3-10(12)6-13-5-9/h3,5-6,8,11,14H,4,7H2,1-2H3. The van der Waals surface area contributed by atoms with Gasteiger partial charge in [-0.15, -0.1) is 0 Å². The third-order valence-corrected chi connectivity index (χ3v) is 2.29. The van der Waals surface area contributed by atoms with E-state index < -0.39 is 6.10 Å². The molecule has 1 heterocycles. The van der Waals surface area contributed by atoms with Crippen molar-refractivity contribution < 1.29 is 9.84 Å². The van der Waals surface area contributed by atoms with Gasteiger partial charge in [0.15, 0.2) is 0 Å². The Balaban J connectivity index is 2.40. The van der Waals surface area contributed by atoms with Crippen molar-refractivity contribution >= 4 is 15.9 Å². The average molecular weight is 274 g/mol. The van der Waals surface area contributed by atoms with Crippen LogP contribution in [0.4, 0.5) is 0 Å². The predicted molar refractivity (Wildman–Crippen MR) is 62.7 cm³/mol. The van der Waals surface area contributed by atoms with Crippen LogP contribution in [-0.2, 0) is 11.2 Å². The van der Waals surface area contributed by atoms with E-state index in [0.29, 0.717) is 13.0 Å². The van der Waals surface area contributed by atoms with Crippen LogP contribution in [0, 0.1) is 0 Å². The first kappa shape index (κ1) is 12.6. The van der Waals surface area contributed by atoms with Gasteiger partial charge >= 0.3 is 0 Å². The zero-order valence-corrected chi connectivity index (χ0v) is 10.6. The highest BCUT2D eigenvalue weighted by atomic mass is 79.9. The fourth-order valence-corrected chi connectivity index (χ4v) is 1.61. The van der Waals surface area contributed by atoms with Crippen LogP contribution in [-0.4, -0.2) is 28.9 Å². The third kappa shape index (κ3) is 5.25. The van der Waals surface area contributed by atoms with E-state index in [2.05, 4.69) is 20.9 Å². The van der Waals surface area contributed by atoms with Gasteiger partial charge in [0.25, 0.3) is 0 Å². The quantitative estimate of drug-likeness (QED) is 0.894. The molecule has 0 saturated carbocycles. The van der Waals surface area contributed by atoms with E-state index in [9.17, 15) is 5.11 Å². The maximum absolute atomic E-state index is 9.67. The molecule has 1 N–H and O–H groups in total. The van der Waals surface area contributed by atoms with Gasteiger partial charge in [0.05, 0.1) is 18.8 Å². The van der Waals surface area contributed by atoms with Crippen LogP contribution in [0.1, 0.15) is 19.4 Å². The number of aliphatic hydroxyl groups excluding tert-OH is 1. The molecule has 0 bridgehead atoms. The summed E-state index contributed by atoms with van der Waals surface area (Å²) in [4.78, 5) is 4.03. The van der Waals surface area contributed by atoms with E-state index in [1.165, 1.54) is 0 Å². The van der Waals surface area contributed by atoms with E-state index >= 15 is 0 Å². The molecule has 4 heteroatoms. The first-order chi connectivity index (χ1) is 7.08. The van der Waals surface area contributed by atoms with Crippen LogP contribution in [0.5, 0.6) is 0 Å². The second-order valence-electron chi connectivity index (χ2n) is 3.75. The van der Waals surface area contributed by atoms with E-state index in [4.69, 9.17) is 4.74 Å². The Kier molecular flexibility index (Phi) is 5.22. The van der Waals surface area contributed by atoms with Crippen molar-refractivity contribution in [3.05, 3.63) is 28.5 Å². The molecule has 3 nitrogen and oxygen atoms in total. The minimum absolute atomic E-state index is 0.153. The Bertz CT molecular complexity index is 304. The second-order valence-corrected chi connectivity index (χ2v) is 4.67. The molecule has 0 aliphatic carbocycles. The molecule has 0 spiro atoms. The number of pyridine rings is 1. The number of nitrogens with zero attached hydrogens (tertiary/aromatic N) is 1. The van der Waals surface area contributed by atoms with Gasteiger partial charge in [-0.05, 0) is 41.4 Å². The summed E-state index contributed by atoms with van der Waals surface area (Å²) in [5, 5.41) is 9.67. The Labute approximate surface area is 98.6 Å². The number of aromatic nitrogens is 1. The van der Waals surface area contributed by atoms with Crippen molar-refractivity contribution in [3.63, 3.8) is 0 Å². The lowest BCUT2D eigenvalue weighted by molar-refractivity contribution is 0.00618. The lowest BCUT2D eigenvalue weighted by Crippen LogP contribution is -2.20. The van der Waals surface area contributed by atoms with Crippen molar-refractivity contribution in [2.45, 2.75) is 32.5 Å². The second kappa shape index (κ2) is 6.20. The zero-order valence-electron chi connectivity index (χ0n) is 8.98. The summed E-state index contributed by atoms with van der Waals surface area (Å²) in [7, 11) is 0. The van der Waals surface area contributed by atoms with Crippen molar-refractivity contribution in [1.82, 2.24) is 4.98 Å². The molecule has 1 aromatic heterocycles. The minimum Gasteiger partial charge on any atom is -0.390 e. The lowest BCUT2D eigenvalue weighted by atomic mass is 10.1. The molecule has 1 atom stereocenters. The van der Waals surface area contributed by atoms with Gasteiger partial charge in [0, 0.05) is 23.3 Å². The summed E-state index contributed by atoms with van der Waals surface area (Å²) in [6.07, 6.45) is 3.73. The maximum atomic E-state index is 9.67. The van der Waals surface area contributed by atoms with Gasteiger partial charge in [-0.1, -0.05) is 0 Å². The minimum atomic E-state index is -0.469. The summed E-state index contributed by atoms with van der Waals surface area (Å²) in [5.41, 5.74) is 1.00. The van der Waals surface area contributed by atoms with Gasteiger partial charge in [-0.3, -0.25) is 4.98 Å². The first-order valence-electron chi connectivity index (χ1n) is 4.97. The molecule has 1 unspecified atom stereocenters. The van der Waals surface area contributed by atoms with Crippen molar-refractivity contribution in [2.75, 3.05) is 6.61 Å². The molecule has 84 valence electrons. The fraction of sp³-hybridized carbons (Fsp3) is 0.545. The van der Waals surface area contributed by atoms with Crippen molar-refractivity contribution in [1.29, 1.82) is 0 Å². The van der Waals surface area contributed by atoms with Gasteiger partial charge in [-0.25, -0.2) is 0 Å². The fourth-order valence-electron chi connectivity index (χ4n) is 1.20. The molecular formula is C11H16BrNO2. The summed E-state index contributed by atoms with van der Waals surface area (Å²) >= 11 is 3.34. The highest BCUT2D eigenvalue weighted by Gasteiger charge is 2.07. The van der Waals surface area contributed by atoms with Crippen LogP contribution in [0.3, 0.4) is 0 Å². The molecule has 1 rings (SSSR count). The molecule has 0 aromatic carbocycles. The van der Waals surface area contributed by atoms with Crippen LogP contribution < -0.4 is 0 Å². The Morgan fingerprint density at radius 3 is 2.80 bits per heavy atom. The molecule has 0 saturated heterocycles. The SMILES string of the molecule is CC(C)OCC(O)Cc1cncc(Br)c1. The van der Waals surface area contributed by atoms with Crippen molar-refractivity contribution in [3.8, 4) is 0 Å². The first-order valence-corrected chi connectivity index (χ1v) is 5.76.